The summed E-state index contributed by atoms with van der Waals surface area (Å²) in [6.45, 7) is 12.9. The van der Waals surface area contributed by atoms with Crippen LogP contribution in [0.25, 0.3) is 10.9 Å². The number of anilines is 1. The molecule has 2 aliphatic heterocycles. The van der Waals surface area contributed by atoms with Gasteiger partial charge in [0, 0.05) is 44.3 Å². The number of carboxylic acids is 1. The molecule has 8 atom stereocenters. The third kappa shape index (κ3) is 5.38. The van der Waals surface area contributed by atoms with E-state index in [2.05, 4.69) is 24.5 Å². The maximum absolute atomic E-state index is 15.3. The van der Waals surface area contributed by atoms with Crippen molar-refractivity contribution in [3.05, 3.63) is 33.9 Å². The number of nitrogens with one attached hydrogen (secondary N) is 2. The highest BCUT2D eigenvalue weighted by molar-refractivity contribution is 5.97. The van der Waals surface area contributed by atoms with Crippen molar-refractivity contribution in [1.82, 2.24) is 15.2 Å². The number of carbonyl (C=O) groups excluding carboxylic acids is 1. The van der Waals surface area contributed by atoms with E-state index < -0.39 is 40.6 Å². The fourth-order valence-corrected chi connectivity index (χ4v) is 8.45. The highest BCUT2D eigenvalue weighted by Gasteiger charge is 2.56. The second-order valence-electron chi connectivity index (χ2n) is 15.1. The first-order valence-corrected chi connectivity index (χ1v) is 16.1. The molecular weight excluding hydrogens is 600 g/mol. The molecule has 0 spiro atoms. The number of aromatic nitrogens is 1. The van der Waals surface area contributed by atoms with Gasteiger partial charge in [0.1, 0.15) is 23.0 Å². The molecule has 252 valence electrons. The number of amides is 1. The first kappa shape index (κ1) is 32.5. The number of methoxy groups -OCH3 is 1. The summed E-state index contributed by atoms with van der Waals surface area (Å²) in [5.41, 5.74) is 4.70. The summed E-state index contributed by atoms with van der Waals surface area (Å²) in [7, 11) is 1.36. The maximum atomic E-state index is 15.3. The lowest BCUT2D eigenvalue weighted by Gasteiger charge is -2.49. The van der Waals surface area contributed by atoms with Gasteiger partial charge in [0.25, 0.3) is 0 Å². The number of aromatic carboxylic acids is 1. The molecule has 46 heavy (non-hydrogen) atoms. The number of pyridine rings is 1. The number of hydrogen-bond acceptors (Lipinski definition) is 8. The number of alkyl halides is 1. The number of nitrogens with two attached hydrogens (primary N) is 1. The Morgan fingerprint density at radius 2 is 1.87 bits per heavy atom. The van der Waals surface area contributed by atoms with Gasteiger partial charge in [0.15, 0.2) is 11.6 Å². The lowest BCUT2D eigenvalue weighted by molar-refractivity contribution is 0.0176. The molecule has 5 N–H and O–H groups in total. The molecular formula is C33H45F2N5O6. The van der Waals surface area contributed by atoms with Crippen LogP contribution in [0.3, 0.4) is 0 Å². The predicted octanol–water partition coefficient (Wildman–Crippen LogP) is 3.81. The second kappa shape index (κ2) is 11.1. The van der Waals surface area contributed by atoms with Crippen molar-refractivity contribution >= 4 is 28.7 Å². The lowest BCUT2D eigenvalue weighted by atomic mass is 9.62. The molecule has 1 amide bonds. The van der Waals surface area contributed by atoms with E-state index in [9.17, 15) is 23.9 Å². The van der Waals surface area contributed by atoms with Crippen molar-refractivity contribution in [3.63, 3.8) is 0 Å². The van der Waals surface area contributed by atoms with Gasteiger partial charge in [-0.2, -0.15) is 0 Å². The van der Waals surface area contributed by atoms with Crippen LogP contribution in [-0.2, 0) is 4.74 Å². The van der Waals surface area contributed by atoms with Gasteiger partial charge in [-0.3, -0.25) is 4.79 Å². The number of benzene rings is 1. The van der Waals surface area contributed by atoms with Crippen LogP contribution < -0.4 is 31.4 Å². The van der Waals surface area contributed by atoms with E-state index in [-0.39, 0.29) is 51.8 Å². The lowest BCUT2D eigenvalue weighted by Crippen LogP contribution is -2.64. The number of fused-ring (bicyclic) bond motifs is 3. The minimum Gasteiger partial charge on any atom is -0.492 e. The smallest absolute Gasteiger partial charge is 0.408 e. The van der Waals surface area contributed by atoms with Gasteiger partial charge in [-0.1, -0.05) is 13.8 Å². The summed E-state index contributed by atoms with van der Waals surface area (Å²) in [4.78, 5) is 37.9. The zero-order chi connectivity index (χ0) is 33.5. The minimum atomic E-state index is -1.44. The Balaban J connectivity index is 0.000000196. The van der Waals surface area contributed by atoms with Gasteiger partial charge in [-0.15, -0.1) is 0 Å². The van der Waals surface area contributed by atoms with Crippen LogP contribution in [-0.4, -0.2) is 77.9 Å². The Morgan fingerprint density at radius 1 is 1.20 bits per heavy atom. The molecule has 1 aromatic heterocycles. The van der Waals surface area contributed by atoms with E-state index in [4.69, 9.17) is 15.2 Å². The maximum Gasteiger partial charge on any atom is 0.408 e. The van der Waals surface area contributed by atoms with E-state index in [0.717, 1.165) is 38.2 Å². The predicted molar refractivity (Wildman–Crippen MR) is 169 cm³/mol. The average molecular weight is 646 g/mol. The molecule has 5 aliphatic rings. The third-order valence-corrected chi connectivity index (χ3v) is 10.7. The summed E-state index contributed by atoms with van der Waals surface area (Å²) < 4.78 is 41.6. The number of hydrogen-bond donors (Lipinski definition) is 4. The normalized spacial score (nSPS) is 34.0. The van der Waals surface area contributed by atoms with E-state index in [1.807, 2.05) is 25.7 Å². The Morgan fingerprint density at radius 3 is 2.41 bits per heavy atom. The molecule has 3 saturated carbocycles. The van der Waals surface area contributed by atoms with Gasteiger partial charge >= 0.3 is 12.1 Å². The Hall–Kier alpha value is -3.45. The largest absolute Gasteiger partial charge is 0.492 e. The summed E-state index contributed by atoms with van der Waals surface area (Å²) in [5, 5.41) is 15.7. The average Bonchev–Trinajstić information content (AvgIpc) is 3.48. The molecule has 7 rings (SSSR count). The molecule has 5 fully saturated rings. The number of carboxylic acid groups (broad SMARTS) is 1. The molecule has 0 bridgehead atoms. The van der Waals surface area contributed by atoms with Crippen molar-refractivity contribution in [3.8, 4) is 5.75 Å². The minimum absolute atomic E-state index is 0.0399. The van der Waals surface area contributed by atoms with Gasteiger partial charge in [-0.05, 0) is 63.4 Å². The first-order chi connectivity index (χ1) is 21.5. The Bertz CT molecular complexity index is 1640. The zero-order valence-corrected chi connectivity index (χ0v) is 27.3. The summed E-state index contributed by atoms with van der Waals surface area (Å²) >= 11 is 0. The molecule has 3 aliphatic carbocycles. The molecule has 3 heterocycles. The highest BCUT2D eigenvalue weighted by Crippen LogP contribution is 2.51. The Kier molecular flexibility index (Phi) is 7.82. The van der Waals surface area contributed by atoms with Crippen LogP contribution in [0.2, 0.25) is 0 Å². The second-order valence-corrected chi connectivity index (χ2v) is 15.1. The van der Waals surface area contributed by atoms with Crippen LogP contribution in [0.15, 0.2) is 17.1 Å². The molecule has 2 aromatic rings. The fourth-order valence-electron chi connectivity index (χ4n) is 8.45. The number of nitrogens with zero attached hydrogens (tertiary/aromatic N) is 2. The number of alkyl carbamates (subject to hydrolysis) is 1. The van der Waals surface area contributed by atoms with Crippen molar-refractivity contribution < 1.29 is 33.0 Å². The van der Waals surface area contributed by atoms with Crippen LogP contribution in [0, 0.1) is 29.5 Å². The van der Waals surface area contributed by atoms with Crippen molar-refractivity contribution in [2.24, 2.45) is 29.4 Å². The van der Waals surface area contributed by atoms with Crippen LogP contribution in [0.5, 0.6) is 5.75 Å². The summed E-state index contributed by atoms with van der Waals surface area (Å²) in [6.07, 6.45) is 1.80. The monoisotopic (exact) mass is 645 g/mol. The quantitative estimate of drug-likeness (QED) is 0.381. The number of ether oxygens (including phenoxy) is 2. The van der Waals surface area contributed by atoms with E-state index in [1.165, 1.54) is 11.7 Å². The summed E-state index contributed by atoms with van der Waals surface area (Å²) in [6, 6.07) is 0.426. The first-order valence-electron chi connectivity index (χ1n) is 16.1. The fraction of sp³-hybridized carbons (Fsp3) is 0.667. The standard InChI is InChI=1S/C21H23F2N3O4.C12H22N2O2/c1-9-5-21(24)8-25(7-12(9)21)17-14(23)3-10-16(19(17)30-2)26(15-4-13(15)22)6-11(18(10)27)20(28)29;1-8-5-12(7-13-6-9(8)12)14-10(15)16-11(2,3)4/h3,6,9,12-13,15H,4-5,7-8,24H2,1-2H3,(H,28,29);8-9,13H,5-7H2,1-4H3,(H,14,15)/t9-,12-,13-,15+,21+;8-,9-,12+/m00/s1. The molecule has 11 nitrogen and oxygen atoms in total. The highest BCUT2D eigenvalue weighted by atomic mass is 19.1. The van der Waals surface area contributed by atoms with Gasteiger partial charge in [0.2, 0.25) is 5.43 Å². The van der Waals surface area contributed by atoms with Gasteiger partial charge in [0.05, 0.1) is 29.6 Å². The summed E-state index contributed by atoms with van der Waals surface area (Å²) in [5.74, 6) is -0.0845. The number of halogens is 2. The van der Waals surface area contributed by atoms with Crippen LogP contribution in [0.4, 0.5) is 19.3 Å². The molecule has 0 unspecified atom stereocenters. The van der Waals surface area contributed by atoms with E-state index in [1.54, 1.807) is 0 Å². The SMILES string of the molecule is COc1c(N2C[C@H]3[C@@H](C)C[C@@]3(N)C2)c(F)cc2c(=O)c(C(=O)O)cn([C@@H]3C[C@@H]3F)c12.C[C@H]1C[C@@]2(NC(=O)OC(C)(C)C)CNC[C@@H]12. The topological polar surface area (TPSA) is 148 Å². The van der Waals surface area contributed by atoms with Crippen molar-refractivity contribution in [2.75, 3.05) is 38.2 Å². The number of carbonyl (C=O) groups is 2. The third-order valence-electron chi connectivity index (χ3n) is 10.7. The van der Waals surface area contributed by atoms with Gasteiger partial charge in [-0.25, -0.2) is 18.4 Å². The van der Waals surface area contributed by atoms with Crippen LogP contribution in [0.1, 0.15) is 70.3 Å². The van der Waals surface area contributed by atoms with Gasteiger partial charge < -0.3 is 40.4 Å². The molecule has 0 radical (unpaired) electrons. The molecule has 2 saturated heterocycles. The van der Waals surface area contributed by atoms with Crippen molar-refractivity contribution in [1.29, 1.82) is 0 Å². The zero-order valence-electron chi connectivity index (χ0n) is 27.3. The van der Waals surface area contributed by atoms with E-state index >= 15 is 4.39 Å². The van der Waals surface area contributed by atoms with Crippen LogP contribution >= 0.6 is 0 Å². The number of rotatable bonds is 5. The van der Waals surface area contributed by atoms with Crippen molar-refractivity contribution in [2.45, 2.75) is 82.8 Å². The Labute approximate surface area is 266 Å². The molecule has 13 heteroatoms. The molecule has 1 aromatic carbocycles. The van der Waals surface area contributed by atoms with E-state index in [0.29, 0.717) is 30.8 Å².